The van der Waals surface area contributed by atoms with Crippen LogP contribution in [-0.4, -0.2) is 31.5 Å². The quantitative estimate of drug-likeness (QED) is 0.579. The number of H-pyrrole nitrogens is 1. The second kappa shape index (κ2) is 6.99. The molecule has 0 saturated carbocycles. The molecule has 0 aliphatic carbocycles. The van der Waals surface area contributed by atoms with Crippen molar-refractivity contribution in [1.82, 2.24) is 24.4 Å². The number of aromatic nitrogens is 5. The van der Waals surface area contributed by atoms with Gasteiger partial charge in [0.2, 0.25) is 0 Å². The number of hydrogen-bond donors (Lipinski definition) is 1. The fourth-order valence-corrected chi connectivity index (χ4v) is 3.48. The molecule has 0 fully saturated rings. The van der Waals surface area contributed by atoms with Crippen molar-refractivity contribution in [2.45, 2.75) is 33.2 Å². The summed E-state index contributed by atoms with van der Waals surface area (Å²) in [7, 11) is 1.64. The maximum absolute atomic E-state index is 12.8. The van der Waals surface area contributed by atoms with Gasteiger partial charge in [0.1, 0.15) is 5.75 Å². The maximum atomic E-state index is 12.8. The van der Waals surface area contributed by atoms with Gasteiger partial charge >= 0.3 is 0 Å². The van der Waals surface area contributed by atoms with E-state index in [0.717, 1.165) is 34.0 Å². The zero-order chi connectivity index (χ0) is 19.8. The van der Waals surface area contributed by atoms with Crippen LogP contribution in [0.25, 0.3) is 16.9 Å². The smallest absolute Gasteiger partial charge is 0.272 e. The van der Waals surface area contributed by atoms with Gasteiger partial charge < -0.3 is 4.74 Å². The van der Waals surface area contributed by atoms with Crippen LogP contribution >= 0.6 is 0 Å². The average Bonchev–Trinajstić information content (AvgIpc) is 3.25. The van der Waals surface area contributed by atoms with Crippen LogP contribution in [-0.2, 0) is 6.54 Å². The van der Waals surface area contributed by atoms with Crippen molar-refractivity contribution in [3.05, 3.63) is 69.9 Å². The number of hydrogen-bond acceptors (Lipinski definition) is 4. The van der Waals surface area contributed by atoms with Gasteiger partial charge in [-0.3, -0.25) is 14.6 Å². The summed E-state index contributed by atoms with van der Waals surface area (Å²) in [5, 5.41) is 7.52. The molecule has 0 spiro atoms. The van der Waals surface area contributed by atoms with E-state index >= 15 is 0 Å². The Bertz CT molecular complexity index is 1200. The molecule has 4 rings (SSSR count). The van der Waals surface area contributed by atoms with Crippen LogP contribution in [0.5, 0.6) is 5.75 Å². The monoisotopic (exact) mass is 377 g/mol. The second-order valence-corrected chi connectivity index (χ2v) is 7.05. The van der Waals surface area contributed by atoms with Crippen LogP contribution in [0.4, 0.5) is 0 Å². The van der Waals surface area contributed by atoms with Gasteiger partial charge in [0.25, 0.3) is 5.56 Å². The van der Waals surface area contributed by atoms with Crippen molar-refractivity contribution in [3.63, 3.8) is 0 Å². The van der Waals surface area contributed by atoms with Crippen molar-refractivity contribution < 1.29 is 4.74 Å². The van der Waals surface area contributed by atoms with E-state index in [-0.39, 0.29) is 11.5 Å². The molecule has 0 aliphatic heterocycles. The van der Waals surface area contributed by atoms with Gasteiger partial charge in [-0.2, -0.15) is 5.10 Å². The molecule has 1 N–H and O–H groups in total. The standard InChI is InChI=1S/C21H23N5O2/c1-13(12-25-14(2)9-10-22-25)17-11-19(27)26-21(23-17)15(3)20(24-26)16-7-5-6-8-18(16)28-4/h5-11,13,24H,12H2,1-4H3/t13-/m1/s1. The largest absolute Gasteiger partial charge is 0.496 e. The van der Waals surface area contributed by atoms with Crippen LogP contribution in [0.15, 0.2) is 47.4 Å². The number of fused-ring (bicyclic) bond motifs is 1. The minimum atomic E-state index is -0.131. The molecule has 0 amide bonds. The van der Waals surface area contributed by atoms with Crippen LogP contribution in [0.1, 0.15) is 29.8 Å². The Morgan fingerprint density at radius 3 is 2.71 bits per heavy atom. The Morgan fingerprint density at radius 2 is 2.00 bits per heavy atom. The third-order valence-electron chi connectivity index (χ3n) is 5.13. The van der Waals surface area contributed by atoms with Gasteiger partial charge in [0.15, 0.2) is 5.65 Å². The van der Waals surface area contributed by atoms with Crippen molar-refractivity contribution in [2.75, 3.05) is 7.11 Å². The van der Waals surface area contributed by atoms with Gasteiger partial charge in [0, 0.05) is 41.5 Å². The summed E-state index contributed by atoms with van der Waals surface area (Å²) in [6, 6.07) is 11.3. The lowest BCUT2D eigenvalue weighted by Crippen LogP contribution is -2.18. The van der Waals surface area contributed by atoms with E-state index in [2.05, 4.69) is 17.1 Å². The Kier molecular flexibility index (Phi) is 4.50. The van der Waals surface area contributed by atoms with E-state index < -0.39 is 0 Å². The normalized spacial score (nSPS) is 12.4. The summed E-state index contributed by atoms with van der Waals surface area (Å²) < 4.78 is 8.90. The van der Waals surface area contributed by atoms with E-state index in [0.29, 0.717) is 12.2 Å². The van der Waals surface area contributed by atoms with Gasteiger partial charge in [-0.25, -0.2) is 9.50 Å². The van der Waals surface area contributed by atoms with Crippen molar-refractivity contribution in [2.24, 2.45) is 0 Å². The third-order valence-corrected chi connectivity index (χ3v) is 5.13. The zero-order valence-electron chi connectivity index (χ0n) is 16.4. The Morgan fingerprint density at radius 1 is 1.21 bits per heavy atom. The summed E-state index contributed by atoms with van der Waals surface area (Å²) in [4.78, 5) is 17.6. The predicted molar refractivity (Wildman–Crippen MR) is 108 cm³/mol. The number of para-hydroxylation sites is 1. The van der Waals surface area contributed by atoms with E-state index in [9.17, 15) is 4.79 Å². The number of nitrogens with one attached hydrogen (secondary N) is 1. The van der Waals surface area contributed by atoms with Crippen molar-refractivity contribution in [3.8, 4) is 17.0 Å². The number of aromatic amines is 1. The molecule has 144 valence electrons. The fraction of sp³-hybridized carbons (Fsp3) is 0.286. The first kappa shape index (κ1) is 18.0. The molecule has 0 unspecified atom stereocenters. The first-order chi connectivity index (χ1) is 13.5. The lowest BCUT2D eigenvalue weighted by Gasteiger charge is -2.12. The highest BCUT2D eigenvalue weighted by Crippen LogP contribution is 2.32. The van der Waals surface area contributed by atoms with Gasteiger partial charge in [-0.05, 0) is 32.0 Å². The molecule has 7 heteroatoms. The lowest BCUT2D eigenvalue weighted by molar-refractivity contribution is 0.416. The molecular weight excluding hydrogens is 354 g/mol. The van der Waals surface area contributed by atoms with Crippen LogP contribution in [0.2, 0.25) is 0 Å². The molecule has 1 aromatic carbocycles. The third kappa shape index (κ3) is 2.98. The molecule has 0 radical (unpaired) electrons. The number of rotatable bonds is 5. The average molecular weight is 377 g/mol. The van der Waals surface area contributed by atoms with Gasteiger partial charge in [-0.1, -0.05) is 19.1 Å². The molecule has 0 saturated heterocycles. The Balaban J connectivity index is 1.80. The number of ether oxygens (including phenoxy) is 1. The number of methoxy groups -OCH3 is 1. The van der Waals surface area contributed by atoms with Crippen molar-refractivity contribution in [1.29, 1.82) is 0 Å². The van der Waals surface area contributed by atoms with Crippen LogP contribution in [0, 0.1) is 13.8 Å². The first-order valence-corrected chi connectivity index (χ1v) is 9.23. The summed E-state index contributed by atoms with van der Waals surface area (Å²) in [5.74, 6) is 0.799. The van der Waals surface area contributed by atoms with E-state index in [4.69, 9.17) is 9.72 Å². The van der Waals surface area contributed by atoms with E-state index in [1.165, 1.54) is 4.52 Å². The molecule has 0 aliphatic rings. The highest BCUT2D eigenvalue weighted by Gasteiger charge is 2.18. The fourth-order valence-electron chi connectivity index (χ4n) is 3.48. The van der Waals surface area contributed by atoms with Gasteiger partial charge in [-0.15, -0.1) is 0 Å². The summed E-state index contributed by atoms with van der Waals surface area (Å²) in [6.07, 6.45) is 1.78. The maximum Gasteiger partial charge on any atom is 0.272 e. The summed E-state index contributed by atoms with van der Waals surface area (Å²) in [5.41, 5.74) is 4.98. The molecule has 28 heavy (non-hydrogen) atoms. The Labute approximate surface area is 162 Å². The number of benzene rings is 1. The highest BCUT2D eigenvalue weighted by molar-refractivity contribution is 5.74. The second-order valence-electron chi connectivity index (χ2n) is 7.05. The summed E-state index contributed by atoms with van der Waals surface area (Å²) in [6.45, 7) is 6.71. The predicted octanol–water partition coefficient (Wildman–Crippen LogP) is 3.32. The molecule has 7 nitrogen and oxygen atoms in total. The van der Waals surface area contributed by atoms with Gasteiger partial charge in [0.05, 0.1) is 18.5 Å². The molecule has 3 aromatic heterocycles. The minimum Gasteiger partial charge on any atom is -0.496 e. The minimum absolute atomic E-state index is 0.0558. The molecule has 3 heterocycles. The molecular formula is C21H23N5O2. The number of nitrogens with zero attached hydrogens (tertiary/aromatic N) is 4. The SMILES string of the molecule is COc1ccccc1-c1[nH]n2c(=O)cc([C@H](C)Cn3nccc3C)nc2c1C. The highest BCUT2D eigenvalue weighted by atomic mass is 16.5. The van der Waals surface area contributed by atoms with Crippen LogP contribution in [0.3, 0.4) is 0 Å². The molecule has 1 atom stereocenters. The van der Waals surface area contributed by atoms with E-state index in [1.807, 2.05) is 48.9 Å². The zero-order valence-corrected chi connectivity index (χ0v) is 16.4. The molecule has 4 aromatic rings. The first-order valence-electron chi connectivity index (χ1n) is 9.23. The van der Waals surface area contributed by atoms with Crippen molar-refractivity contribution >= 4 is 5.65 Å². The molecule has 0 bridgehead atoms. The summed E-state index contributed by atoms with van der Waals surface area (Å²) >= 11 is 0. The topological polar surface area (TPSA) is 77.2 Å². The Hall–Kier alpha value is -3.35. The van der Waals surface area contributed by atoms with E-state index in [1.54, 1.807) is 19.4 Å². The lowest BCUT2D eigenvalue weighted by atomic mass is 10.1. The number of aryl methyl sites for hydroxylation is 2. The van der Waals surface area contributed by atoms with Crippen LogP contribution < -0.4 is 10.3 Å².